The van der Waals surface area contributed by atoms with Crippen LogP contribution in [0.4, 0.5) is 4.39 Å². The average Bonchev–Trinajstić information content (AvgIpc) is 3.14. The maximum atomic E-state index is 12.9. The van der Waals surface area contributed by atoms with Crippen molar-refractivity contribution in [2.24, 2.45) is 10.4 Å². The van der Waals surface area contributed by atoms with Crippen LogP contribution in [0.15, 0.2) is 29.3 Å². The zero-order valence-corrected chi connectivity index (χ0v) is 19.3. The van der Waals surface area contributed by atoms with E-state index in [0.717, 1.165) is 32.1 Å². The number of rotatable bonds is 8. The van der Waals surface area contributed by atoms with E-state index in [1.165, 1.54) is 12.1 Å². The summed E-state index contributed by atoms with van der Waals surface area (Å²) in [6.07, 6.45) is 4.79. The summed E-state index contributed by atoms with van der Waals surface area (Å²) in [5, 5.41) is 6.56. The van der Waals surface area contributed by atoms with E-state index in [9.17, 15) is 9.18 Å². The largest absolute Gasteiger partial charge is 0.494 e. The fourth-order valence-corrected chi connectivity index (χ4v) is 3.47. The molecule has 0 aliphatic heterocycles. The molecule has 0 aromatic heterocycles. The molecule has 0 heterocycles. The Hall–Kier alpha value is -1.58. The van der Waals surface area contributed by atoms with Crippen LogP contribution < -0.4 is 15.4 Å². The summed E-state index contributed by atoms with van der Waals surface area (Å²) in [6, 6.07) is 6.00. The molecule has 0 atom stereocenters. The molecule has 1 aliphatic rings. The number of nitrogens with zero attached hydrogens (tertiary/aromatic N) is 2. The maximum Gasteiger partial charge on any atom is 0.230 e. The van der Waals surface area contributed by atoms with Gasteiger partial charge in [0.2, 0.25) is 5.91 Å². The SMILES string of the molecule is CN=C(NCCCOc1ccc(F)cc1)NCC1(C(=O)N(C)C)CCCC1.I. The molecule has 1 aliphatic carbocycles. The highest BCUT2D eigenvalue weighted by molar-refractivity contribution is 14.0. The van der Waals surface area contributed by atoms with Crippen LogP contribution in [0, 0.1) is 11.2 Å². The van der Waals surface area contributed by atoms with Gasteiger partial charge in [-0.1, -0.05) is 12.8 Å². The highest BCUT2D eigenvalue weighted by Crippen LogP contribution is 2.38. The molecule has 0 spiro atoms. The number of amides is 1. The van der Waals surface area contributed by atoms with E-state index in [1.807, 2.05) is 14.1 Å². The zero-order valence-electron chi connectivity index (χ0n) is 17.0. The Balaban J connectivity index is 0.00000392. The van der Waals surface area contributed by atoms with Crippen LogP contribution in [0.2, 0.25) is 0 Å². The van der Waals surface area contributed by atoms with Crippen molar-refractivity contribution in [1.82, 2.24) is 15.5 Å². The predicted octanol–water partition coefficient (Wildman–Crippen LogP) is 3.03. The number of carbonyl (C=O) groups excluding carboxylic acids is 1. The van der Waals surface area contributed by atoms with Gasteiger partial charge in [-0.05, 0) is 43.5 Å². The van der Waals surface area contributed by atoms with Gasteiger partial charge >= 0.3 is 0 Å². The second-order valence-electron chi connectivity index (χ2n) is 7.20. The quantitative estimate of drug-likeness (QED) is 0.246. The fourth-order valence-electron chi connectivity index (χ4n) is 3.47. The number of halogens is 2. The smallest absolute Gasteiger partial charge is 0.230 e. The molecule has 0 unspecified atom stereocenters. The topological polar surface area (TPSA) is 66.0 Å². The number of benzene rings is 1. The highest BCUT2D eigenvalue weighted by atomic mass is 127. The predicted molar refractivity (Wildman–Crippen MR) is 121 cm³/mol. The number of nitrogens with one attached hydrogen (secondary N) is 2. The Morgan fingerprint density at radius 2 is 1.86 bits per heavy atom. The first-order valence-electron chi connectivity index (χ1n) is 9.51. The number of aliphatic imine (C=N–C) groups is 1. The van der Waals surface area contributed by atoms with Crippen molar-refractivity contribution in [2.75, 3.05) is 40.8 Å². The second kappa shape index (κ2) is 12.1. The van der Waals surface area contributed by atoms with E-state index in [1.54, 1.807) is 24.1 Å². The molecule has 0 radical (unpaired) electrons. The minimum absolute atomic E-state index is 0. The number of hydrogen-bond acceptors (Lipinski definition) is 3. The highest BCUT2D eigenvalue weighted by Gasteiger charge is 2.42. The van der Waals surface area contributed by atoms with Crippen LogP contribution >= 0.6 is 24.0 Å². The summed E-state index contributed by atoms with van der Waals surface area (Å²) in [7, 11) is 5.35. The van der Waals surface area contributed by atoms with E-state index in [4.69, 9.17) is 4.74 Å². The van der Waals surface area contributed by atoms with E-state index in [-0.39, 0.29) is 41.1 Å². The molecule has 28 heavy (non-hydrogen) atoms. The molecule has 1 aromatic rings. The van der Waals surface area contributed by atoms with Crippen LogP contribution in [-0.4, -0.2) is 57.6 Å². The minimum atomic E-state index is -0.327. The van der Waals surface area contributed by atoms with Crippen molar-refractivity contribution in [3.63, 3.8) is 0 Å². The molecule has 1 amide bonds. The van der Waals surface area contributed by atoms with E-state index in [0.29, 0.717) is 31.4 Å². The van der Waals surface area contributed by atoms with Gasteiger partial charge < -0.3 is 20.3 Å². The number of carbonyl (C=O) groups is 1. The summed E-state index contributed by atoms with van der Waals surface area (Å²) in [5.74, 6) is 1.27. The molecule has 8 heteroatoms. The molecule has 0 saturated heterocycles. The average molecular weight is 506 g/mol. The first-order chi connectivity index (χ1) is 13.0. The lowest BCUT2D eigenvalue weighted by molar-refractivity contribution is -0.138. The van der Waals surface area contributed by atoms with Crippen LogP contribution in [0.3, 0.4) is 0 Å². The van der Waals surface area contributed by atoms with Crippen molar-refractivity contribution in [1.29, 1.82) is 0 Å². The standard InChI is InChI=1S/C20H31FN4O2.HI/c1-22-19(23-13-6-14-27-17-9-7-16(21)8-10-17)24-15-20(11-4-5-12-20)18(26)25(2)3;/h7-10H,4-6,11-15H2,1-3H3,(H2,22,23,24);1H. The molecule has 2 N–H and O–H groups in total. The van der Waals surface area contributed by atoms with Gasteiger partial charge in [0, 0.05) is 34.2 Å². The third kappa shape index (κ3) is 7.10. The van der Waals surface area contributed by atoms with Gasteiger partial charge in [-0.2, -0.15) is 0 Å². The van der Waals surface area contributed by atoms with Crippen molar-refractivity contribution in [2.45, 2.75) is 32.1 Å². The Morgan fingerprint density at radius 1 is 1.21 bits per heavy atom. The van der Waals surface area contributed by atoms with E-state index in [2.05, 4.69) is 15.6 Å². The molecule has 6 nitrogen and oxygen atoms in total. The van der Waals surface area contributed by atoms with Crippen LogP contribution in [0.25, 0.3) is 0 Å². The Kier molecular flexibility index (Phi) is 10.6. The summed E-state index contributed by atoms with van der Waals surface area (Å²) in [5.41, 5.74) is -0.327. The zero-order chi connectivity index (χ0) is 19.7. The normalized spacial score (nSPS) is 15.5. The molecule has 2 rings (SSSR count). The minimum Gasteiger partial charge on any atom is -0.494 e. The third-order valence-corrected chi connectivity index (χ3v) is 4.93. The monoisotopic (exact) mass is 506 g/mol. The summed E-state index contributed by atoms with van der Waals surface area (Å²) in [4.78, 5) is 18.5. The van der Waals surface area contributed by atoms with Crippen molar-refractivity contribution in [3.8, 4) is 5.75 Å². The molecule has 158 valence electrons. The lowest BCUT2D eigenvalue weighted by Crippen LogP contribution is -2.49. The lowest BCUT2D eigenvalue weighted by atomic mass is 9.84. The van der Waals surface area contributed by atoms with Crippen molar-refractivity contribution >= 4 is 35.8 Å². The van der Waals surface area contributed by atoms with Crippen LogP contribution in [0.5, 0.6) is 5.75 Å². The van der Waals surface area contributed by atoms with E-state index < -0.39 is 0 Å². The molecule has 1 fully saturated rings. The van der Waals surface area contributed by atoms with Crippen LogP contribution in [0.1, 0.15) is 32.1 Å². The molecule has 0 bridgehead atoms. The van der Waals surface area contributed by atoms with Gasteiger partial charge in [0.05, 0.1) is 12.0 Å². The maximum absolute atomic E-state index is 12.9. The molecular formula is C20H32FIN4O2. The molecule has 1 saturated carbocycles. The van der Waals surface area contributed by atoms with Crippen LogP contribution in [-0.2, 0) is 4.79 Å². The first-order valence-corrected chi connectivity index (χ1v) is 9.51. The number of ether oxygens (including phenoxy) is 1. The van der Waals surface area contributed by atoms with Gasteiger partial charge in [-0.3, -0.25) is 9.79 Å². The lowest BCUT2D eigenvalue weighted by Gasteiger charge is -2.31. The molecular weight excluding hydrogens is 474 g/mol. The number of hydrogen-bond donors (Lipinski definition) is 2. The van der Waals surface area contributed by atoms with Gasteiger partial charge in [0.15, 0.2) is 5.96 Å². The number of guanidine groups is 1. The third-order valence-electron chi connectivity index (χ3n) is 4.93. The summed E-state index contributed by atoms with van der Waals surface area (Å²) in [6.45, 7) is 1.81. The second-order valence-corrected chi connectivity index (χ2v) is 7.20. The van der Waals surface area contributed by atoms with Gasteiger partial charge in [-0.25, -0.2) is 4.39 Å². The van der Waals surface area contributed by atoms with Crippen molar-refractivity contribution < 1.29 is 13.9 Å². The Labute approximate surface area is 184 Å². The van der Waals surface area contributed by atoms with E-state index >= 15 is 0 Å². The van der Waals surface area contributed by atoms with Crippen molar-refractivity contribution in [3.05, 3.63) is 30.1 Å². The summed E-state index contributed by atoms with van der Waals surface area (Å²) < 4.78 is 18.4. The molecule has 1 aromatic carbocycles. The Morgan fingerprint density at radius 3 is 2.43 bits per heavy atom. The van der Waals surface area contributed by atoms with Gasteiger partial charge in [0.1, 0.15) is 11.6 Å². The summed E-state index contributed by atoms with van der Waals surface area (Å²) >= 11 is 0. The van der Waals surface area contributed by atoms with Gasteiger partial charge in [0.25, 0.3) is 0 Å². The fraction of sp³-hybridized carbons (Fsp3) is 0.600. The first kappa shape index (κ1) is 24.5. The van der Waals surface area contributed by atoms with Gasteiger partial charge in [-0.15, -0.1) is 24.0 Å². The Bertz CT molecular complexity index is 632.